The number of aromatic hydroxyl groups is 1. The molecule has 4 bridgehead atoms. The first-order chi connectivity index (χ1) is 33.5. The molecule has 1 unspecified atom stereocenters. The summed E-state index contributed by atoms with van der Waals surface area (Å²) in [5.74, 6) is 0.0300. The van der Waals surface area contributed by atoms with E-state index in [1.54, 1.807) is 60.6 Å². The lowest BCUT2D eigenvalue weighted by molar-refractivity contribution is -0.157. The van der Waals surface area contributed by atoms with E-state index in [0.29, 0.717) is 70.0 Å². The highest BCUT2D eigenvalue weighted by atomic mass is 32.2. The number of hydrogen-bond acceptors (Lipinski definition) is 19. The number of amides is 1. The van der Waals surface area contributed by atoms with E-state index in [4.69, 9.17) is 42.6 Å². The van der Waals surface area contributed by atoms with Crippen LogP contribution < -0.4 is 39.1 Å². The Labute approximate surface area is 416 Å². The van der Waals surface area contributed by atoms with Gasteiger partial charge in [0.25, 0.3) is 0 Å². The van der Waals surface area contributed by atoms with Gasteiger partial charge < -0.3 is 53.1 Å². The molecule has 0 radical (unpaired) electrons. The van der Waals surface area contributed by atoms with Crippen LogP contribution in [0.1, 0.15) is 110 Å². The molecule has 10 rings (SSSR count). The normalized spacial score (nSPS) is 25.8. The van der Waals surface area contributed by atoms with E-state index in [-0.39, 0.29) is 48.2 Å². The molecule has 3 aromatic rings. The van der Waals surface area contributed by atoms with Crippen LogP contribution in [0, 0.1) is 25.2 Å². The molecular weight excluding hydrogens is 939 g/mol. The van der Waals surface area contributed by atoms with Crippen molar-refractivity contribution in [3.8, 4) is 46.3 Å². The highest BCUT2D eigenvalue weighted by molar-refractivity contribution is 7.99. The summed E-state index contributed by atoms with van der Waals surface area (Å²) in [4.78, 5) is 59.8. The van der Waals surface area contributed by atoms with Crippen LogP contribution in [0.2, 0.25) is 0 Å². The number of ether oxygens (including phenoxy) is 9. The molecule has 7 heterocycles. The van der Waals surface area contributed by atoms with E-state index >= 15 is 4.79 Å². The lowest BCUT2D eigenvalue weighted by Crippen LogP contribution is -2.69. The Morgan fingerprint density at radius 2 is 1.66 bits per heavy atom. The van der Waals surface area contributed by atoms with E-state index < -0.39 is 76.4 Å². The Kier molecular flexibility index (Phi) is 12.7. The van der Waals surface area contributed by atoms with Gasteiger partial charge in [0.2, 0.25) is 6.79 Å². The van der Waals surface area contributed by atoms with Gasteiger partial charge in [-0.3, -0.25) is 15.1 Å². The number of phenols is 1. The quantitative estimate of drug-likeness (QED) is 0.104. The molecule has 3 aromatic carbocycles. The number of alkyl carbamates (subject to hydrolysis) is 1. The molecule has 1 amide bonds. The summed E-state index contributed by atoms with van der Waals surface area (Å²) in [6, 6.07) is 3.44. The first kappa shape index (κ1) is 49.8. The van der Waals surface area contributed by atoms with Gasteiger partial charge in [-0.15, -0.1) is 11.8 Å². The number of methoxy groups -OCH3 is 2. The Hall–Kier alpha value is -6.14. The lowest BCUT2D eigenvalue weighted by atomic mass is 9.71. The fraction of sp³-hybridized carbons (Fsp3) is 0.549. The number of carbonyl (C=O) groups is 4. The average molecular weight is 1000 g/mol. The third kappa shape index (κ3) is 8.47. The number of rotatable bonds is 6. The van der Waals surface area contributed by atoms with Crippen LogP contribution in [0.15, 0.2) is 18.2 Å². The molecule has 20 heteroatoms. The predicted molar refractivity (Wildman–Crippen MR) is 256 cm³/mol. The Bertz CT molecular complexity index is 2760. The van der Waals surface area contributed by atoms with Crippen molar-refractivity contribution >= 4 is 35.9 Å². The van der Waals surface area contributed by atoms with Gasteiger partial charge in [0.15, 0.2) is 40.0 Å². The first-order valence-corrected chi connectivity index (χ1v) is 24.7. The highest BCUT2D eigenvalue weighted by Gasteiger charge is 2.62. The van der Waals surface area contributed by atoms with Crippen molar-refractivity contribution in [2.24, 2.45) is 0 Å². The number of hydrogen-bond donors (Lipinski definition) is 3. The van der Waals surface area contributed by atoms with E-state index in [1.807, 2.05) is 20.0 Å². The summed E-state index contributed by atoms with van der Waals surface area (Å²) >= 11 is 1.39. The Morgan fingerprint density at radius 3 is 2.34 bits per heavy atom. The molecule has 71 heavy (non-hydrogen) atoms. The number of fused-ring (bicyclic) bond motifs is 9. The summed E-state index contributed by atoms with van der Waals surface area (Å²) in [5, 5.41) is 29.0. The van der Waals surface area contributed by atoms with Crippen molar-refractivity contribution < 1.29 is 66.9 Å². The second-order valence-corrected chi connectivity index (χ2v) is 22.0. The van der Waals surface area contributed by atoms with E-state index in [1.165, 1.54) is 32.9 Å². The van der Waals surface area contributed by atoms with Crippen LogP contribution in [0.3, 0.4) is 0 Å². The van der Waals surface area contributed by atoms with Gasteiger partial charge in [-0.25, -0.2) is 19.2 Å². The average Bonchev–Trinajstić information content (AvgIpc) is 3.78. The molecule has 7 aliphatic heterocycles. The van der Waals surface area contributed by atoms with Crippen LogP contribution in [0.4, 0.5) is 9.59 Å². The summed E-state index contributed by atoms with van der Waals surface area (Å²) < 4.78 is 53.8. The minimum Gasteiger partial charge on any atom is -0.504 e. The van der Waals surface area contributed by atoms with Gasteiger partial charge in [-0.1, -0.05) is 6.07 Å². The topological polar surface area (TPSA) is 226 Å². The maximum absolute atomic E-state index is 15.2. The highest BCUT2D eigenvalue weighted by Crippen LogP contribution is 2.65. The fourth-order valence-electron chi connectivity index (χ4n) is 11.2. The van der Waals surface area contributed by atoms with Crippen molar-refractivity contribution in [1.82, 2.24) is 20.4 Å². The molecule has 0 aromatic heterocycles. The van der Waals surface area contributed by atoms with Crippen LogP contribution in [0.25, 0.3) is 0 Å². The van der Waals surface area contributed by atoms with Gasteiger partial charge in [0.05, 0.1) is 37.6 Å². The lowest BCUT2D eigenvalue weighted by Gasteiger charge is -2.62. The summed E-state index contributed by atoms with van der Waals surface area (Å²) in [6.45, 7) is 15.3. The molecule has 7 aliphatic rings. The van der Waals surface area contributed by atoms with Crippen molar-refractivity contribution in [2.75, 3.05) is 47.0 Å². The zero-order chi connectivity index (χ0) is 51.2. The molecular formula is C51H61N5O14S. The number of thioether (sulfide) groups is 1. The number of nitrogens with one attached hydrogen (secondary N) is 2. The third-order valence-electron chi connectivity index (χ3n) is 14.0. The zero-order valence-electron chi connectivity index (χ0n) is 42.0. The van der Waals surface area contributed by atoms with Crippen molar-refractivity contribution in [1.29, 1.82) is 5.26 Å². The molecule has 1 spiro atoms. The van der Waals surface area contributed by atoms with Gasteiger partial charge in [-0.05, 0) is 117 Å². The Balaban J connectivity index is 1.25. The first-order valence-electron chi connectivity index (χ1n) is 23.6. The second kappa shape index (κ2) is 18.2. The molecule has 2 saturated heterocycles. The Morgan fingerprint density at radius 1 is 0.944 bits per heavy atom. The van der Waals surface area contributed by atoms with Crippen molar-refractivity contribution in [2.45, 2.75) is 133 Å². The van der Waals surface area contributed by atoms with Gasteiger partial charge >= 0.3 is 24.2 Å². The number of likely N-dealkylation sites (N-methyl/N-ethyl adjacent to an activating group) is 1. The van der Waals surface area contributed by atoms with Crippen LogP contribution in [-0.4, -0.2) is 121 Å². The largest absolute Gasteiger partial charge is 0.514 e. The number of benzene rings is 3. The molecule has 3 N–H and O–H groups in total. The number of nitriles is 1. The number of nitrogens with zero attached hydrogens (tertiary/aromatic N) is 3. The van der Waals surface area contributed by atoms with Crippen LogP contribution in [-0.2, 0) is 42.2 Å². The number of piperazine rings is 1. The minimum absolute atomic E-state index is 0.0119. The predicted octanol–water partition coefficient (Wildman–Crippen LogP) is 6.49. The van der Waals surface area contributed by atoms with Crippen LogP contribution >= 0.6 is 11.8 Å². The number of phenolic OH excluding ortho intramolecular Hbond substituents is 1. The van der Waals surface area contributed by atoms with Gasteiger partial charge in [-0.2, -0.15) is 5.26 Å². The maximum Gasteiger partial charge on any atom is 0.514 e. The summed E-state index contributed by atoms with van der Waals surface area (Å²) in [5.41, 5.74) is 1.78. The van der Waals surface area contributed by atoms with Crippen LogP contribution in [0.5, 0.6) is 40.2 Å². The summed E-state index contributed by atoms with van der Waals surface area (Å²) in [6.07, 6.45) is -0.868. The minimum atomic E-state index is -1.53. The summed E-state index contributed by atoms with van der Waals surface area (Å²) in [7, 11) is 4.89. The van der Waals surface area contributed by atoms with Gasteiger partial charge in [0.1, 0.15) is 35.6 Å². The van der Waals surface area contributed by atoms with E-state index in [0.717, 1.165) is 11.1 Å². The molecule has 2 fully saturated rings. The number of esters is 2. The molecule has 8 atom stereocenters. The third-order valence-corrected chi connectivity index (χ3v) is 15.5. The smallest absolute Gasteiger partial charge is 0.504 e. The van der Waals surface area contributed by atoms with Gasteiger partial charge in [0, 0.05) is 46.6 Å². The molecule has 380 valence electrons. The number of carbonyl (C=O) groups excluding carboxylic acids is 4. The molecule has 0 aliphatic carbocycles. The molecule has 0 saturated carbocycles. The second-order valence-electron chi connectivity index (χ2n) is 20.8. The molecule has 19 nitrogen and oxygen atoms in total. The SMILES string of the molecule is COc1cc2c(cc1OC(=O)OC(C)(C)C)CCN[C@]21CS[C@@H]2c3c(OC(=O)[C@H](C)NC(=O)OC(C)(C)C)c(C)c4c(c3[C@@H](COC1=O)N1C2[C@H]2c3c(cc(C)c(OC)c3O)C[C@H]([C@@H]1C#N)N2C)OCO4. The fourth-order valence-corrected chi connectivity index (χ4v) is 12.9. The monoisotopic (exact) mass is 999 g/mol. The standard InChI is InChI=1S/C51H61N5O14S/c1-23-15-27-16-29-30(19-52)56-31-20-64-46(59)51(28-18-32(62-11)33(17-26(28)13-14-53-51)67-48(61)70-50(7,8)9)21-71-44(38(56)37(55(29)10)34(27)39(57)40(23)63-12)36-35(31)43-42(65-22-66-43)24(2)41(36)68-45(58)25(3)54-47(60)69-49(4,5)6/h15,17-18,25,29-31,37-38,44,53,57H,13-14,16,20-22H2,1-12H3,(H,54,60)/t25-,29+,30-,31+,37+,38?,44+,51+/m0/s1. The van der Waals surface area contributed by atoms with E-state index in [2.05, 4.69) is 26.5 Å². The van der Waals surface area contributed by atoms with Crippen molar-refractivity contribution in [3.63, 3.8) is 0 Å². The number of aryl methyl sites for hydroxylation is 1. The van der Waals surface area contributed by atoms with Crippen molar-refractivity contribution in [3.05, 3.63) is 62.7 Å². The zero-order valence-corrected chi connectivity index (χ0v) is 42.8. The van der Waals surface area contributed by atoms with E-state index in [9.17, 15) is 24.8 Å². The maximum atomic E-state index is 15.2.